The van der Waals surface area contributed by atoms with Gasteiger partial charge in [-0.1, -0.05) is 42.5 Å². The molecular formula is C25H33N3O2. The van der Waals surface area contributed by atoms with E-state index in [1.807, 2.05) is 35.2 Å². The van der Waals surface area contributed by atoms with Crippen LogP contribution < -0.4 is 5.32 Å². The summed E-state index contributed by atoms with van der Waals surface area (Å²) in [4.78, 5) is 29.2. The molecule has 0 atom stereocenters. The standard InChI is InChI=1S/C25H33N3O2/c1-27(2)17-14-21-8-11-23(12-9-21)26-25(30)22-15-18-28(19-16-22)24(29)13-10-20-6-4-3-5-7-20/h3-9,11-12,22H,10,13-19H2,1-2H3,(H,26,30). The zero-order valence-electron chi connectivity index (χ0n) is 18.1. The van der Waals surface area contributed by atoms with Crippen LogP contribution in [0.2, 0.25) is 0 Å². The third kappa shape index (κ3) is 6.70. The van der Waals surface area contributed by atoms with E-state index in [2.05, 4.69) is 48.6 Å². The number of nitrogens with zero attached hydrogens (tertiary/aromatic N) is 2. The van der Waals surface area contributed by atoms with Gasteiger partial charge in [0.05, 0.1) is 0 Å². The van der Waals surface area contributed by atoms with E-state index >= 15 is 0 Å². The summed E-state index contributed by atoms with van der Waals surface area (Å²) in [6.45, 7) is 2.33. The summed E-state index contributed by atoms with van der Waals surface area (Å²) in [6.07, 6.45) is 3.75. The second-order valence-electron chi connectivity index (χ2n) is 8.38. The van der Waals surface area contributed by atoms with Gasteiger partial charge in [0.2, 0.25) is 11.8 Å². The Morgan fingerprint density at radius 3 is 2.20 bits per heavy atom. The quantitative estimate of drug-likeness (QED) is 0.727. The van der Waals surface area contributed by atoms with Gasteiger partial charge in [-0.05, 0) is 63.0 Å². The van der Waals surface area contributed by atoms with Gasteiger partial charge in [-0.25, -0.2) is 0 Å². The van der Waals surface area contributed by atoms with Crippen LogP contribution in [-0.2, 0) is 22.4 Å². The van der Waals surface area contributed by atoms with E-state index in [0.29, 0.717) is 19.5 Å². The second kappa shape index (κ2) is 10.9. The Balaban J connectivity index is 1.41. The number of anilines is 1. The molecule has 2 aromatic rings. The van der Waals surface area contributed by atoms with Crippen molar-refractivity contribution in [2.75, 3.05) is 39.0 Å². The molecule has 2 aromatic carbocycles. The van der Waals surface area contributed by atoms with Gasteiger partial charge >= 0.3 is 0 Å². The molecule has 1 N–H and O–H groups in total. The van der Waals surface area contributed by atoms with E-state index in [1.54, 1.807) is 0 Å². The van der Waals surface area contributed by atoms with Gasteiger partial charge in [0.15, 0.2) is 0 Å². The van der Waals surface area contributed by atoms with Gasteiger partial charge in [0.1, 0.15) is 0 Å². The molecule has 0 bridgehead atoms. The lowest BCUT2D eigenvalue weighted by atomic mass is 9.95. The number of amides is 2. The van der Waals surface area contributed by atoms with Crippen molar-refractivity contribution in [2.45, 2.75) is 32.1 Å². The van der Waals surface area contributed by atoms with Crippen LogP contribution in [0.25, 0.3) is 0 Å². The number of likely N-dealkylation sites (tertiary alicyclic amines) is 1. The van der Waals surface area contributed by atoms with E-state index in [-0.39, 0.29) is 17.7 Å². The molecule has 1 saturated heterocycles. The predicted octanol–water partition coefficient (Wildman–Crippen LogP) is 3.60. The average molecular weight is 408 g/mol. The van der Waals surface area contributed by atoms with Gasteiger partial charge in [-0.3, -0.25) is 9.59 Å². The minimum absolute atomic E-state index is 0.0309. The van der Waals surface area contributed by atoms with Crippen molar-refractivity contribution in [3.05, 3.63) is 65.7 Å². The fraction of sp³-hybridized carbons (Fsp3) is 0.440. The largest absolute Gasteiger partial charge is 0.343 e. The molecule has 0 saturated carbocycles. The number of benzene rings is 2. The van der Waals surface area contributed by atoms with Crippen LogP contribution in [-0.4, -0.2) is 55.3 Å². The Morgan fingerprint density at radius 1 is 0.933 bits per heavy atom. The van der Waals surface area contributed by atoms with Crippen molar-refractivity contribution in [1.82, 2.24) is 9.80 Å². The molecule has 30 heavy (non-hydrogen) atoms. The SMILES string of the molecule is CN(C)CCc1ccc(NC(=O)C2CCN(C(=O)CCc3ccccc3)CC2)cc1. The molecule has 1 heterocycles. The first-order valence-electron chi connectivity index (χ1n) is 10.9. The maximum absolute atomic E-state index is 12.6. The molecule has 2 amide bonds. The van der Waals surface area contributed by atoms with Gasteiger partial charge in [0.25, 0.3) is 0 Å². The first-order valence-corrected chi connectivity index (χ1v) is 10.9. The highest BCUT2D eigenvalue weighted by Gasteiger charge is 2.27. The molecule has 3 rings (SSSR count). The molecule has 0 radical (unpaired) electrons. The molecule has 160 valence electrons. The Hall–Kier alpha value is -2.66. The number of piperidine rings is 1. The number of aryl methyl sites for hydroxylation is 1. The first kappa shape index (κ1) is 22.0. The van der Waals surface area contributed by atoms with E-state index in [1.165, 1.54) is 11.1 Å². The minimum Gasteiger partial charge on any atom is -0.343 e. The van der Waals surface area contributed by atoms with Crippen LogP contribution in [0.3, 0.4) is 0 Å². The zero-order valence-corrected chi connectivity index (χ0v) is 18.1. The van der Waals surface area contributed by atoms with Gasteiger partial charge in [0, 0.05) is 37.7 Å². The van der Waals surface area contributed by atoms with Crippen molar-refractivity contribution >= 4 is 17.5 Å². The molecule has 5 nitrogen and oxygen atoms in total. The molecule has 1 fully saturated rings. The molecule has 1 aliphatic rings. The lowest BCUT2D eigenvalue weighted by Crippen LogP contribution is -2.41. The molecule has 1 aliphatic heterocycles. The Kier molecular flexibility index (Phi) is 8.03. The van der Waals surface area contributed by atoms with E-state index in [4.69, 9.17) is 0 Å². The van der Waals surface area contributed by atoms with E-state index in [0.717, 1.165) is 37.9 Å². The molecule has 0 aromatic heterocycles. The summed E-state index contributed by atoms with van der Waals surface area (Å²) < 4.78 is 0. The van der Waals surface area contributed by atoms with Crippen molar-refractivity contribution in [1.29, 1.82) is 0 Å². The number of rotatable bonds is 8. The highest BCUT2D eigenvalue weighted by molar-refractivity contribution is 5.92. The molecule has 0 aliphatic carbocycles. The van der Waals surface area contributed by atoms with Gasteiger partial charge in [-0.2, -0.15) is 0 Å². The first-order chi connectivity index (χ1) is 14.5. The number of carbonyl (C=O) groups is 2. The van der Waals surface area contributed by atoms with Crippen molar-refractivity contribution in [2.24, 2.45) is 5.92 Å². The number of nitrogens with one attached hydrogen (secondary N) is 1. The van der Waals surface area contributed by atoms with Gasteiger partial charge in [-0.15, -0.1) is 0 Å². The number of hydrogen-bond donors (Lipinski definition) is 1. The average Bonchev–Trinajstić information content (AvgIpc) is 2.77. The monoisotopic (exact) mass is 407 g/mol. The topological polar surface area (TPSA) is 52.7 Å². The lowest BCUT2D eigenvalue weighted by Gasteiger charge is -2.31. The summed E-state index contributed by atoms with van der Waals surface area (Å²) in [5.74, 6) is 0.218. The highest BCUT2D eigenvalue weighted by Crippen LogP contribution is 2.21. The van der Waals surface area contributed by atoms with Crippen LogP contribution in [0.5, 0.6) is 0 Å². The second-order valence-corrected chi connectivity index (χ2v) is 8.38. The smallest absolute Gasteiger partial charge is 0.227 e. The fourth-order valence-corrected chi connectivity index (χ4v) is 3.80. The van der Waals surface area contributed by atoms with Crippen LogP contribution >= 0.6 is 0 Å². The summed E-state index contributed by atoms with van der Waals surface area (Å²) in [6, 6.07) is 18.2. The number of likely N-dealkylation sites (N-methyl/N-ethyl adjacent to an activating group) is 1. The Bertz CT molecular complexity index is 810. The summed E-state index contributed by atoms with van der Waals surface area (Å²) >= 11 is 0. The third-order valence-electron chi connectivity index (χ3n) is 5.76. The van der Waals surface area contributed by atoms with Crippen LogP contribution in [0.15, 0.2) is 54.6 Å². The molecule has 0 spiro atoms. The van der Waals surface area contributed by atoms with Crippen molar-refractivity contribution in [3.8, 4) is 0 Å². The predicted molar refractivity (Wildman–Crippen MR) is 121 cm³/mol. The fourth-order valence-electron chi connectivity index (χ4n) is 3.80. The molecule has 5 heteroatoms. The number of carbonyl (C=O) groups excluding carboxylic acids is 2. The third-order valence-corrected chi connectivity index (χ3v) is 5.76. The molecular weight excluding hydrogens is 374 g/mol. The summed E-state index contributed by atoms with van der Waals surface area (Å²) in [7, 11) is 4.13. The minimum atomic E-state index is -0.0309. The van der Waals surface area contributed by atoms with Crippen molar-refractivity contribution in [3.63, 3.8) is 0 Å². The Labute approximate surface area is 180 Å². The maximum atomic E-state index is 12.6. The summed E-state index contributed by atoms with van der Waals surface area (Å²) in [5.41, 5.74) is 3.30. The normalized spacial score (nSPS) is 14.7. The van der Waals surface area contributed by atoms with Crippen molar-refractivity contribution < 1.29 is 9.59 Å². The maximum Gasteiger partial charge on any atom is 0.227 e. The van der Waals surface area contributed by atoms with Crippen LogP contribution in [0.1, 0.15) is 30.4 Å². The molecule has 0 unspecified atom stereocenters. The Morgan fingerprint density at radius 2 is 1.57 bits per heavy atom. The summed E-state index contributed by atoms with van der Waals surface area (Å²) in [5, 5.41) is 3.04. The number of hydrogen-bond acceptors (Lipinski definition) is 3. The lowest BCUT2D eigenvalue weighted by molar-refractivity contribution is -0.134. The van der Waals surface area contributed by atoms with E-state index in [9.17, 15) is 9.59 Å². The van der Waals surface area contributed by atoms with Crippen LogP contribution in [0.4, 0.5) is 5.69 Å². The van der Waals surface area contributed by atoms with E-state index < -0.39 is 0 Å². The van der Waals surface area contributed by atoms with Crippen LogP contribution in [0, 0.1) is 5.92 Å². The highest BCUT2D eigenvalue weighted by atomic mass is 16.2. The zero-order chi connectivity index (χ0) is 21.3. The van der Waals surface area contributed by atoms with Gasteiger partial charge < -0.3 is 15.1 Å².